The van der Waals surface area contributed by atoms with Crippen molar-refractivity contribution in [3.8, 4) is 11.3 Å². The average Bonchev–Trinajstić information content (AvgIpc) is 2.74. The fraction of sp³-hybridized carbons (Fsp3) is 0.200. The van der Waals surface area contributed by atoms with E-state index in [4.69, 9.17) is 0 Å². The van der Waals surface area contributed by atoms with Crippen LogP contribution in [0.5, 0.6) is 0 Å². The molecule has 82 valence electrons. The number of rotatable bonds is 3. The van der Waals surface area contributed by atoms with E-state index in [-0.39, 0.29) is 0 Å². The number of nitrogens with zero attached hydrogens (tertiary/aromatic N) is 1. The van der Waals surface area contributed by atoms with Crippen LogP contribution in [-0.2, 0) is 13.5 Å². The molecule has 16 heavy (non-hydrogen) atoms. The summed E-state index contributed by atoms with van der Waals surface area (Å²) in [6.45, 7) is 6.02. The highest BCUT2D eigenvalue weighted by molar-refractivity contribution is 5.65. The minimum atomic E-state index is 1.04. The summed E-state index contributed by atoms with van der Waals surface area (Å²) in [5.74, 6) is 0. The second-order valence-corrected chi connectivity index (χ2v) is 3.98. The number of hydrogen-bond acceptors (Lipinski definition) is 0. The largest absolute Gasteiger partial charge is 0.351 e. The van der Waals surface area contributed by atoms with E-state index < -0.39 is 0 Å². The minimum absolute atomic E-state index is 1.04. The summed E-state index contributed by atoms with van der Waals surface area (Å²) >= 11 is 0. The molecule has 0 unspecified atom stereocenters. The molecule has 0 saturated carbocycles. The van der Waals surface area contributed by atoms with E-state index in [0.29, 0.717) is 0 Å². The molecule has 0 fully saturated rings. The Morgan fingerprint density at radius 3 is 2.69 bits per heavy atom. The van der Waals surface area contributed by atoms with Crippen molar-refractivity contribution in [3.05, 3.63) is 54.2 Å². The van der Waals surface area contributed by atoms with Crippen molar-refractivity contribution in [3.63, 3.8) is 0 Å². The first-order valence-corrected chi connectivity index (χ1v) is 5.63. The maximum absolute atomic E-state index is 3.84. The third kappa shape index (κ3) is 1.81. The lowest BCUT2D eigenvalue weighted by molar-refractivity contribution is 0.936. The van der Waals surface area contributed by atoms with E-state index in [1.165, 1.54) is 22.4 Å². The van der Waals surface area contributed by atoms with Crippen LogP contribution in [0.25, 0.3) is 17.3 Å². The maximum Gasteiger partial charge on any atom is 0.0477 e. The number of aromatic nitrogens is 1. The number of benzene rings is 1. The van der Waals surface area contributed by atoms with Crippen LogP contribution in [0, 0.1) is 0 Å². The molecule has 0 atom stereocenters. The molecule has 2 rings (SSSR count). The van der Waals surface area contributed by atoms with Gasteiger partial charge in [0.1, 0.15) is 0 Å². The zero-order chi connectivity index (χ0) is 11.5. The molecule has 1 nitrogen and oxygen atoms in total. The second kappa shape index (κ2) is 4.40. The molecule has 2 aromatic rings. The Morgan fingerprint density at radius 2 is 2.12 bits per heavy atom. The fourth-order valence-electron chi connectivity index (χ4n) is 2.03. The van der Waals surface area contributed by atoms with Crippen molar-refractivity contribution < 1.29 is 0 Å². The van der Waals surface area contributed by atoms with Crippen molar-refractivity contribution >= 4 is 6.08 Å². The topological polar surface area (TPSA) is 4.93 Å². The van der Waals surface area contributed by atoms with Crippen molar-refractivity contribution in [2.75, 3.05) is 0 Å². The van der Waals surface area contributed by atoms with Gasteiger partial charge in [0.25, 0.3) is 0 Å². The standard InChI is InChI=1S/C15H17N/c1-4-12-8-9-14(11-13(12)5-2)15-7-6-10-16(15)3/h4,6-11H,1,5H2,2-3H3. The molecule has 0 amide bonds. The van der Waals surface area contributed by atoms with Crippen molar-refractivity contribution in [2.45, 2.75) is 13.3 Å². The predicted molar refractivity (Wildman–Crippen MR) is 70.3 cm³/mol. The molecule has 0 saturated heterocycles. The van der Waals surface area contributed by atoms with Gasteiger partial charge in [-0.15, -0.1) is 0 Å². The highest BCUT2D eigenvalue weighted by Crippen LogP contribution is 2.23. The van der Waals surface area contributed by atoms with Gasteiger partial charge < -0.3 is 4.57 Å². The molecular weight excluding hydrogens is 194 g/mol. The summed E-state index contributed by atoms with van der Waals surface area (Å²) in [5, 5.41) is 0. The van der Waals surface area contributed by atoms with Crippen LogP contribution in [0.15, 0.2) is 43.1 Å². The molecule has 0 radical (unpaired) electrons. The van der Waals surface area contributed by atoms with Gasteiger partial charge in [0.2, 0.25) is 0 Å². The molecule has 0 bridgehead atoms. The van der Waals surface area contributed by atoms with Gasteiger partial charge in [-0.05, 0) is 41.3 Å². The van der Waals surface area contributed by atoms with Gasteiger partial charge in [-0.1, -0.05) is 31.7 Å². The molecule has 1 aromatic carbocycles. The first-order chi connectivity index (χ1) is 7.76. The summed E-state index contributed by atoms with van der Waals surface area (Å²) in [6.07, 6.45) is 5.04. The summed E-state index contributed by atoms with van der Waals surface area (Å²) in [6, 6.07) is 10.8. The van der Waals surface area contributed by atoms with Gasteiger partial charge in [-0.2, -0.15) is 0 Å². The molecule has 1 aromatic heterocycles. The Morgan fingerprint density at radius 1 is 1.31 bits per heavy atom. The van der Waals surface area contributed by atoms with Crippen LogP contribution in [-0.4, -0.2) is 4.57 Å². The van der Waals surface area contributed by atoms with Crippen LogP contribution < -0.4 is 0 Å². The Hall–Kier alpha value is -1.76. The SMILES string of the molecule is C=Cc1ccc(-c2cccn2C)cc1CC. The maximum atomic E-state index is 3.84. The highest BCUT2D eigenvalue weighted by Gasteiger charge is 2.04. The van der Waals surface area contributed by atoms with E-state index in [0.717, 1.165) is 6.42 Å². The lowest BCUT2D eigenvalue weighted by Gasteiger charge is -2.08. The first-order valence-electron chi connectivity index (χ1n) is 5.63. The number of aryl methyl sites for hydroxylation is 2. The van der Waals surface area contributed by atoms with E-state index >= 15 is 0 Å². The molecule has 0 aliphatic carbocycles. The minimum Gasteiger partial charge on any atom is -0.351 e. The van der Waals surface area contributed by atoms with Gasteiger partial charge in [-0.25, -0.2) is 0 Å². The molecule has 1 heteroatoms. The van der Waals surface area contributed by atoms with Gasteiger partial charge >= 0.3 is 0 Å². The lowest BCUT2D eigenvalue weighted by Crippen LogP contribution is -1.92. The zero-order valence-corrected chi connectivity index (χ0v) is 9.90. The zero-order valence-electron chi connectivity index (χ0n) is 9.90. The predicted octanol–water partition coefficient (Wildman–Crippen LogP) is 3.90. The molecule has 0 aliphatic heterocycles. The monoisotopic (exact) mass is 211 g/mol. The van der Waals surface area contributed by atoms with E-state index in [2.05, 4.69) is 61.6 Å². The van der Waals surface area contributed by atoms with Gasteiger partial charge in [0, 0.05) is 18.9 Å². The molecule has 1 heterocycles. The summed E-state index contributed by atoms with van der Waals surface area (Å²) < 4.78 is 2.14. The first kappa shape index (κ1) is 10.7. The van der Waals surface area contributed by atoms with Crippen LogP contribution in [0.3, 0.4) is 0 Å². The van der Waals surface area contributed by atoms with Gasteiger partial charge in [-0.3, -0.25) is 0 Å². The molecular formula is C15H17N. The Bertz CT molecular complexity index is 506. The second-order valence-electron chi connectivity index (χ2n) is 3.98. The van der Waals surface area contributed by atoms with E-state index in [1.54, 1.807) is 0 Å². The molecule has 0 aliphatic rings. The van der Waals surface area contributed by atoms with Crippen LogP contribution >= 0.6 is 0 Å². The third-order valence-electron chi connectivity index (χ3n) is 2.98. The lowest BCUT2D eigenvalue weighted by atomic mass is 10.0. The van der Waals surface area contributed by atoms with E-state index in [1.807, 2.05) is 6.08 Å². The van der Waals surface area contributed by atoms with Gasteiger partial charge in [0.05, 0.1) is 0 Å². The molecule has 0 N–H and O–H groups in total. The summed E-state index contributed by atoms with van der Waals surface area (Å²) in [4.78, 5) is 0. The summed E-state index contributed by atoms with van der Waals surface area (Å²) in [7, 11) is 2.07. The quantitative estimate of drug-likeness (QED) is 0.725. The highest BCUT2D eigenvalue weighted by atomic mass is 14.9. The normalized spacial score (nSPS) is 10.4. The number of hydrogen-bond donors (Lipinski definition) is 0. The average molecular weight is 211 g/mol. The van der Waals surface area contributed by atoms with Crippen LogP contribution in [0.1, 0.15) is 18.1 Å². The van der Waals surface area contributed by atoms with Crippen LogP contribution in [0.4, 0.5) is 0 Å². The van der Waals surface area contributed by atoms with Crippen molar-refractivity contribution in [1.29, 1.82) is 0 Å². The Labute approximate surface area is 97.0 Å². The summed E-state index contributed by atoms with van der Waals surface area (Å²) in [5.41, 5.74) is 5.12. The fourth-order valence-corrected chi connectivity index (χ4v) is 2.03. The van der Waals surface area contributed by atoms with Crippen LogP contribution in [0.2, 0.25) is 0 Å². The Kier molecular flexibility index (Phi) is 2.95. The van der Waals surface area contributed by atoms with Gasteiger partial charge in [0.15, 0.2) is 0 Å². The van der Waals surface area contributed by atoms with E-state index in [9.17, 15) is 0 Å². The third-order valence-corrected chi connectivity index (χ3v) is 2.98. The Balaban J connectivity index is 2.52. The smallest absolute Gasteiger partial charge is 0.0477 e. The molecule has 0 spiro atoms. The van der Waals surface area contributed by atoms with Crippen molar-refractivity contribution in [1.82, 2.24) is 4.57 Å². The van der Waals surface area contributed by atoms with Crippen molar-refractivity contribution in [2.24, 2.45) is 7.05 Å².